The first kappa shape index (κ1) is 14.5. The van der Waals surface area contributed by atoms with Gasteiger partial charge in [0.25, 0.3) is 0 Å². The molecule has 0 unspecified atom stereocenters. The average molecular weight is 292 g/mol. The summed E-state index contributed by atoms with van der Waals surface area (Å²) in [5.74, 6) is 0.735. The van der Waals surface area contributed by atoms with Crippen molar-refractivity contribution in [1.29, 1.82) is 0 Å². The Labute approximate surface area is 130 Å². The predicted molar refractivity (Wildman–Crippen MR) is 87.8 cm³/mol. The van der Waals surface area contributed by atoms with Crippen molar-refractivity contribution in [3.05, 3.63) is 77.4 Å². The van der Waals surface area contributed by atoms with Crippen LogP contribution in [0.1, 0.15) is 22.6 Å². The van der Waals surface area contributed by atoms with Crippen molar-refractivity contribution in [3.63, 3.8) is 0 Å². The fraction of sp³-hybridized carbons (Fsp3) is 0.222. The van der Waals surface area contributed by atoms with E-state index in [-0.39, 0.29) is 0 Å². The predicted octanol–water partition coefficient (Wildman–Crippen LogP) is 3.17. The van der Waals surface area contributed by atoms with Crippen LogP contribution in [0.15, 0.2) is 54.7 Å². The highest BCUT2D eigenvalue weighted by Crippen LogP contribution is 2.10. The lowest BCUT2D eigenvalue weighted by molar-refractivity contribution is 0.663. The summed E-state index contributed by atoms with van der Waals surface area (Å²) >= 11 is 0. The van der Waals surface area contributed by atoms with Crippen molar-refractivity contribution in [2.45, 2.75) is 26.9 Å². The van der Waals surface area contributed by atoms with Gasteiger partial charge in [0.2, 0.25) is 5.95 Å². The van der Waals surface area contributed by atoms with Gasteiger partial charge in [0.05, 0.1) is 0 Å². The Hall–Kier alpha value is -2.46. The summed E-state index contributed by atoms with van der Waals surface area (Å²) in [5, 5.41) is 3.47. The zero-order valence-electron chi connectivity index (χ0n) is 13.0. The minimum absolute atomic E-state index is 0.735. The lowest BCUT2D eigenvalue weighted by Crippen LogP contribution is -2.16. The molecule has 3 aromatic rings. The molecular formula is C18H20N4. The summed E-state index contributed by atoms with van der Waals surface area (Å²) in [5.41, 5.74) is 4.41. The normalized spacial score (nSPS) is 10.8. The largest absolute Gasteiger partial charge is 0.307 e. The van der Waals surface area contributed by atoms with Crippen LogP contribution in [0, 0.1) is 13.8 Å². The topological polar surface area (TPSA) is 42.7 Å². The van der Waals surface area contributed by atoms with E-state index < -0.39 is 0 Å². The number of aryl methyl sites for hydroxylation is 2. The van der Waals surface area contributed by atoms with Gasteiger partial charge in [-0.15, -0.1) is 0 Å². The Morgan fingerprint density at radius 2 is 1.64 bits per heavy atom. The molecule has 3 rings (SSSR count). The third-order valence-corrected chi connectivity index (χ3v) is 3.50. The van der Waals surface area contributed by atoms with Gasteiger partial charge in [0, 0.05) is 36.4 Å². The Morgan fingerprint density at radius 1 is 0.909 bits per heavy atom. The maximum absolute atomic E-state index is 4.53. The van der Waals surface area contributed by atoms with Crippen molar-refractivity contribution >= 4 is 0 Å². The highest BCUT2D eigenvalue weighted by molar-refractivity contribution is 5.24. The third kappa shape index (κ3) is 3.40. The monoisotopic (exact) mass is 292 g/mol. The van der Waals surface area contributed by atoms with E-state index in [2.05, 4.69) is 45.6 Å². The molecule has 0 aliphatic carbocycles. The number of rotatable bonds is 5. The van der Waals surface area contributed by atoms with Crippen LogP contribution in [0.5, 0.6) is 0 Å². The molecule has 1 aromatic carbocycles. The average Bonchev–Trinajstić information content (AvgIpc) is 2.96. The van der Waals surface area contributed by atoms with E-state index in [1.165, 1.54) is 5.56 Å². The first-order chi connectivity index (χ1) is 10.7. The van der Waals surface area contributed by atoms with E-state index in [1.54, 1.807) is 0 Å². The van der Waals surface area contributed by atoms with Crippen molar-refractivity contribution in [2.24, 2.45) is 0 Å². The lowest BCUT2D eigenvalue weighted by Gasteiger charge is -2.10. The van der Waals surface area contributed by atoms with E-state index in [4.69, 9.17) is 0 Å². The number of hydrogen-bond acceptors (Lipinski definition) is 3. The lowest BCUT2D eigenvalue weighted by atomic mass is 10.2. The fourth-order valence-electron chi connectivity index (χ4n) is 2.50. The maximum Gasteiger partial charge on any atom is 0.234 e. The third-order valence-electron chi connectivity index (χ3n) is 3.50. The van der Waals surface area contributed by atoms with Crippen LogP contribution in [0.2, 0.25) is 0 Å². The van der Waals surface area contributed by atoms with Crippen molar-refractivity contribution in [1.82, 2.24) is 19.9 Å². The molecule has 0 bridgehead atoms. The molecule has 0 spiro atoms. The second-order valence-corrected chi connectivity index (χ2v) is 5.41. The summed E-state index contributed by atoms with van der Waals surface area (Å²) in [6.07, 6.45) is 2.01. The van der Waals surface area contributed by atoms with Crippen molar-refractivity contribution < 1.29 is 0 Å². The van der Waals surface area contributed by atoms with Gasteiger partial charge in [0.15, 0.2) is 0 Å². The van der Waals surface area contributed by atoms with Gasteiger partial charge in [0.1, 0.15) is 0 Å². The Kier molecular flexibility index (Phi) is 4.30. The van der Waals surface area contributed by atoms with Crippen molar-refractivity contribution in [3.8, 4) is 5.95 Å². The number of benzene rings is 1. The summed E-state index contributed by atoms with van der Waals surface area (Å²) < 4.78 is 2.04. The number of hydrogen-bond donors (Lipinski definition) is 1. The molecule has 0 aliphatic rings. The SMILES string of the molecule is Cc1cc(C)nc(-n2cccc2CNCc2ccccc2)n1. The summed E-state index contributed by atoms with van der Waals surface area (Å²) in [6.45, 7) is 5.61. The van der Waals surface area contributed by atoms with Crippen LogP contribution < -0.4 is 5.32 Å². The zero-order chi connectivity index (χ0) is 15.4. The number of nitrogens with one attached hydrogen (secondary N) is 1. The summed E-state index contributed by atoms with van der Waals surface area (Å²) in [4.78, 5) is 9.05. The molecule has 2 aromatic heterocycles. The van der Waals surface area contributed by atoms with Crippen LogP contribution in [-0.2, 0) is 13.1 Å². The molecular weight excluding hydrogens is 272 g/mol. The van der Waals surface area contributed by atoms with E-state index in [1.807, 2.05) is 42.8 Å². The van der Waals surface area contributed by atoms with E-state index in [0.29, 0.717) is 0 Å². The first-order valence-electron chi connectivity index (χ1n) is 7.46. The van der Waals surface area contributed by atoms with Crippen molar-refractivity contribution in [2.75, 3.05) is 0 Å². The fourth-order valence-corrected chi connectivity index (χ4v) is 2.50. The van der Waals surface area contributed by atoms with Gasteiger partial charge in [-0.05, 0) is 37.6 Å². The van der Waals surface area contributed by atoms with Crippen LogP contribution in [-0.4, -0.2) is 14.5 Å². The first-order valence-corrected chi connectivity index (χ1v) is 7.46. The Balaban J connectivity index is 1.72. The molecule has 0 radical (unpaired) electrons. The standard InChI is InChI=1S/C18H20N4/c1-14-11-15(2)21-18(20-14)22-10-6-9-17(22)13-19-12-16-7-4-3-5-8-16/h3-11,19H,12-13H2,1-2H3. The molecule has 4 nitrogen and oxygen atoms in total. The molecule has 22 heavy (non-hydrogen) atoms. The zero-order valence-corrected chi connectivity index (χ0v) is 13.0. The molecule has 0 amide bonds. The molecule has 2 heterocycles. The minimum atomic E-state index is 0.735. The van der Waals surface area contributed by atoms with Gasteiger partial charge in [-0.25, -0.2) is 9.97 Å². The van der Waals surface area contributed by atoms with Crippen LogP contribution >= 0.6 is 0 Å². The highest BCUT2D eigenvalue weighted by atomic mass is 15.2. The highest BCUT2D eigenvalue weighted by Gasteiger charge is 2.07. The number of aromatic nitrogens is 3. The van der Waals surface area contributed by atoms with Crippen LogP contribution in [0.25, 0.3) is 5.95 Å². The second-order valence-electron chi connectivity index (χ2n) is 5.41. The second kappa shape index (κ2) is 6.54. The van der Waals surface area contributed by atoms with Gasteiger partial charge in [-0.1, -0.05) is 30.3 Å². The molecule has 0 fully saturated rings. The number of nitrogens with zero attached hydrogens (tertiary/aromatic N) is 3. The van der Waals surface area contributed by atoms with Gasteiger partial charge < -0.3 is 5.32 Å². The maximum atomic E-state index is 4.53. The van der Waals surface area contributed by atoms with Gasteiger partial charge in [-0.3, -0.25) is 4.57 Å². The molecule has 0 saturated carbocycles. The molecule has 0 aliphatic heterocycles. The van der Waals surface area contributed by atoms with Gasteiger partial charge in [-0.2, -0.15) is 0 Å². The van der Waals surface area contributed by atoms with Crippen LogP contribution in [0.3, 0.4) is 0 Å². The van der Waals surface area contributed by atoms with E-state index in [0.717, 1.165) is 36.1 Å². The molecule has 112 valence electrons. The smallest absolute Gasteiger partial charge is 0.234 e. The molecule has 1 N–H and O–H groups in total. The Morgan fingerprint density at radius 3 is 2.36 bits per heavy atom. The summed E-state index contributed by atoms with van der Waals surface area (Å²) in [6, 6.07) is 16.5. The van der Waals surface area contributed by atoms with E-state index in [9.17, 15) is 0 Å². The Bertz CT molecular complexity index is 727. The molecule has 0 saturated heterocycles. The van der Waals surface area contributed by atoms with E-state index >= 15 is 0 Å². The summed E-state index contributed by atoms with van der Waals surface area (Å²) in [7, 11) is 0. The quantitative estimate of drug-likeness (QED) is 0.785. The van der Waals surface area contributed by atoms with Gasteiger partial charge >= 0.3 is 0 Å². The molecule has 0 atom stereocenters. The van der Waals surface area contributed by atoms with Crippen LogP contribution in [0.4, 0.5) is 0 Å². The molecule has 4 heteroatoms. The minimum Gasteiger partial charge on any atom is -0.307 e.